The van der Waals surface area contributed by atoms with Gasteiger partial charge in [0, 0.05) is 37.7 Å². The maximum atomic E-state index is 13.9. The molecule has 6 N–H and O–H groups in total. The van der Waals surface area contributed by atoms with Crippen molar-refractivity contribution in [2.45, 2.75) is 37.8 Å². The first-order chi connectivity index (χ1) is 17.3. The predicted molar refractivity (Wildman–Crippen MR) is 135 cm³/mol. The summed E-state index contributed by atoms with van der Waals surface area (Å²) in [6.45, 7) is 1.85. The fourth-order valence-corrected chi connectivity index (χ4v) is 5.98. The van der Waals surface area contributed by atoms with Gasteiger partial charge in [-0.05, 0) is 44.5 Å². The van der Waals surface area contributed by atoms with Gasteiger partial charge in [-0.2, -0.15) is 0 Å². The number of aliphatic hydroxyl groups excluding tert-OH is 2. The van der Waals surface area contributed by atoms with Crippen LogP contribution < -0.4 is 10.6 Å². The smallest absolute Gasteiger partial charge is 0.255 e. The van der Waals surface area contributed by atoms with Gasteiger partial charge in [-0.25, -0.2) is 0 Å². The third-order valence-electron chi connectivity index (χ3n) is 7.58. The largest absolute Gasteiger partial charge is 0.510 e. The summed E-state index contributed by atoms with van der Waals surface area (Å²) in [6.07, 6.45) is 0.787. The zero-order valence-electron chi connectivity index (χ0n) is 21.4. The van der Waals surface area contributed by atoms with E-state index < -0.39 is 58.0 Å². The predicted octanol–water partition coefficient (Wildman–Crippen LogP) is 0.948. The van der Waals surface area contributed by atoms with E-state index in [9.17, 15) is 34.8 Å². The highest BCUT2D eigenvalue weighted by Crippen LogP contribution is 2.53. The van der Waals surface area contributed by atoms with Crippen LogP contribution in [-0.2, 0) is 16.0 Å². The number of nitrogens with two attached hydrogens (primary N) is 1. The minimum atomic E-state index is -2.66. The number of allylic oxidation sites excluding steroid dienone is 1. The van der Waals surface area contributed by atoms with E-state index in [2.05, 4.69) is 11.8 Å². The van der Waals surface area contributed by atoms with Gasteiger partial charge in [-0.3, -0.25) is 19.3 Å². The zero-order chi connectivity index (χ0) is 27.6. The summed E-state index contributed by atoms with van der Waals surface area (Å²) in [4.78, 5) is 42.6. The zero-order valence-corrected chi connectivity index (χ0v) is 21.4. The van der Waals surface area contributed by atoms with E-state index in [0.29, 0.717) is 17.7 Å². The van der Waals surface area contributed by atoms with Gasteiger partial charge in [0.2, 0.25) is 5.78 Å². The van der Waals surface area contributed by atoms with Crippen LogP contribution >= 0.6 is 0 Å². The summed E-state index contributed by atoms with van der Waals surface area (Å²) < 4.78 is 0. The molecular weight excluding hydrogens is 478 g/mol. The van der Waals surface area contributed by atoms with Gasteiger partial charge in [0.05, 0.1) is 17.2 Å². The number of ketones is 2. The highest BCUT2D eigenvalue weighted by atomic mass is 16.3. The first-order valence-electron chi connectivity index (χ1n) is 12.0. The molecule has 0 unspecified atom stereocenters. The molecule has 0 heterocycles. The van der Waals surface area contributed by atoms with Crippen molar-refractivity contribution in [2.24, 2.45) is 17.6 Å². The Labute approximate surface area is 214 Å². The summed E-state index contributed by atoms with van der Waals surface area (Å²) in [7, 11) is 6.78. The lowest BCUT2D eigenvalue weighted by Gasteiger charge is -2.50. The third-order valence-corrected chi connectivity index (χ3v) is 7.58. The Hall–Kier alpha value is -3.81. The number of anilines is 1. The number of carbonyl (C=O) groups is 3. The topological polar surface area (TPSA) is 165 Å². The molecule has 4 atom stereocenters. The van der Waals surface area contributed by atoms with Crippen molar-refractivity contribution in [1.29, 1.82) is 0 Å². The molecule has 37 heavy (non-hydrogen) atoms. The minimum absolute atomic E-state index is 0.0385. The van der Waals surface area contributed by atoms with E-state index in [-0.39, 0.29) is 35.3 Å². The molecule has 1 aromatic carbocycles. The van der Waals surface area contributed by atoms with E-state index in [1.807, 2.05) is 6.92 Å². The second-order valence-electron chi connectivity index (χ2n) is 10.2. The van der Waals surface area contributed by atoms with Crippen LogP contribution in [0.1, 0.15) is 41.3 Å². The molecule has 10 heteroatoms. The number of aromatic hydroxyl groups is 1. The molecule has 0 saturated heterocycles. The van der Waals surface area contributed by atoms with Crippen LogP contribution in [0, 0.1) is 23.7 Å². The molecule has 3 aliphatic rings. The molecule has 4 rings (SSSR count). The van der Waals surface area contributed by atoms with Gasteiger partial charge in [-0.1, -0.05) is 18.8 Å². The van der Waals surface area contributed by atoms with E-state index in [1.54, 1.807) is 39.2 Å². The highest BCUT2D eigenvalue weighted by molar-refractivity contribution is 6.25. The molecule has 0 aliphatic heterocycles. The van der Waals surface area contributed by atoms with E-state index in [4.69, 9.17) is 5.73 Å². The van der Waals surface area contributed by atoms with Crippen molar-refractivity contribution in [1.82, 2.24) is 4.90 Å². The van der Waals surface area contributed by atoms with E-state index >= 15 is 0 Å². The van der Waals surface area contributed by atoms with E-state index in [1.165, 1.54) is 4.90 Å². The molecule has 0 fully saturated rings. The number of primary amides is 1. The fraction of sp³-hybridized carbons (Fsp3) is 0.444. The Morgan fingerprint density at radius 3 is 2.38 bits per heavy atom. The number of hydrogen-bond donors (Lipinski definition) is 5. The van der Waals surface area contributed by atoms with E-state index in [0.717, 1.165) is 0 Å². The van der Waals surface area contributed by atoms with Crippen LogP contribution in [0.25, 0.3) is 0 Å². The number of benzene rings is 1. The minimum Gasteiger partial charge on any atom is -0.510 e. The number of amides is 1. The Kier molecular flexibility index (Phi) is 6.34. The Morgan fingerprint density at radius 1 is 1.19 bits per heavy atom. The third kappa shape index (κ3) is 3.61. The number of Topliss-reactive ketones (excluding diaryl/α,β-unsaturated/α-hetero) is 2. The molecule has 0 radical (unpaired) electrons. The summed E-state index contributed by atoms with van der Waals surface area (Å²) in [6, 6.07) is 0.678. The van der Waals surface area contributed by atoms with Gasteiger partial charge in [0.25, 0.3) is 5.91 Å². The van der Waals surface area contributed by atoms with Gasteiger partial charge in [0.1, 0.15) is 22.8 Å². The maximum absolute atomic E-state index is 13.9. The van der Waals surface area contributed by atoms with Gasteiger partial charge >= 0.3 is 0 Å². The lowest BCUT2D eigenvalue weighted by Crippen LogP contribution is -2.63. The molecule has 0 bridgehead atoms. The van der Waals surface area contributed by atoms with Crippen molar-refractivity contribution in [3.05, 3.63) is 45.4 Å². The van der Waals surface area contributed by atoms with Gasteiger partial charge in [0.15, 0.2) is 11.4 Å². The van der Waals surface area contributed by atoms with Crippen molar-refractivity contribution in [2.75, 3.05) is 33.1 Å². The van der Waals surface area contributed by atoms with Crippen LogP contribution in [-0.4, -0.2) is 82.6 Å². The number of rotatable bonds is 3. The first-order valence-corrected chi connectivity index (χ1v) is 12.0. The number of aliphatic hydroxyl groups is 3. The highest BCUT2D eigenvalue weighted by Gasteiger charge is 2.63. The van der Waals surface area contributed by atoms with Crippen molar-refractivity contribution < 1.29 is 34.8 Å². The molecule has 196 valence electrons. The number of hydrogen-bond acceptors (Lipinski definition) is 9. The van der Waals surface area contributed by atoms with Crippen LogP contribution in [0.5, 0.6) is 5.75 Å². The van der Waals surface area contributed by atoms with Crippen molar-refractivity contribution >= 4 is 23.2 Å². The normalized spacial score (nSPS) is 26.8. The molecule has 1 aromatic rings. The first kappa shape index (κ1) is 26.3. The number of carbonyl (C=O) groups excluding carboxylic acids is 3. The second kappa shape index (κ2) is 8.94. The van der Waals surface area contributed by atoms with Crippen LogP contribution in [0.3, 0.4) is 0 Å². The lowest BCUT2D eigenvalue weighted by atomic mass is 9.58. The van der Waals surface area contributed by atoms with Gasteiger partial charge < -0.3 is 31.1 Å². The monoisotopic (exact) mass is 509 g/mol. The molecule has 0 aromatic heterocycles. The van der Waals surface area contributed by atoms with Crippen molar-refractivity contribution in [3.8, 4) is 17.6 Å². The summed E-state index contributed by atoms with van der Waals surface area (Å²) in [5, 5.41) is 44.9. The molecule has 0 spiro atoms. The van der Waals surface area contributed by atoms with Crippen LogP contribution in [0.15, 0.2) is 28.7 Å². The average molecular weight is 510 g/mol. The molecule has 10 nitrogen and oxygen atoms in total. The second-order valence-corrected chi connectivity index (χ2v) is 10.2. The standard InChI is InChI=1S/C27H31N3O7/c1-6-7-8-12-11-16(29(2)3)14-9-13-10-15-20(30(4)5)23(33)19(26(28)36)25(35)27(15,37)24(34)17(13)22(32)18(14)21(12)31/h11,13,15,20,31,33-34,37H,6,9-10H2,1-5H3,(H2,28,36)/t13-,15-,20-,27-/m0/s1. The Bertz CT molecular complexity index is 1360. The van der Waals surface area contributed by atoms with Crippen LogP contribution in [0.2, 0.25) is 0 Å². The molecule has 1 amide bonds. The molecule has 3 aliphatic carbocycles. The van der Waals surface area contributed by atoms with Crippen molar-refractivity contribution in [3.63, 3.8) is 0 Å². The fourth-order valence-electron chi connectivity index (χ4n) is 5.98. The number of phenolic OH excluding ortho intramolecular Hbond substituents is 1. The molecular formula is C27H31N3O7. The summed E-state index contributed by atoms with van der Waals surface area (Å²) in [5.74, 6) is -1.02. The van der Waals surface area contributed by atoms with Crippen LogP contribution in [0.4, 0.5) is 5.69 Å². The van der Waals surface area contributed by atoms with Gasteiger partial charge in [-0.15, -0.1) is 0 Å². The quantitative estimate of drug-likeness (QED) is 0.295. The number of likely N-dealkylation sites (N-methyl/N-ethyl adjacent to an activating group) is 1. The molecule has 0 saturated carbocycles. The summed E-state index contributed by atoms with van der Waals surface area (Å²) in [5.41, 5.74) is 3.10. The number of phenols is 1. The Morgan fingerprint density at radius 2 is 1.84 bits per heavy atom. The average Bonchev–Trinajstić information content (AvgIpc) is 2.80. The number of nitrogens with zero attached hydrogens (tertiary/aromatic N) is 2. The number of fused-ring (bicyclic) bond motifs is 3. The maximum Gasteiger partial charge on any atom is 0.255 e. The lowest BCUT2D eigenvalue weighted by molar-refractivity contribution is -0.148. The summed E-state index contributed by atoms with van der Waals surface area (Å²) >= 11 is 0. The Balaban J connectivity index is 2.00. The SMILES string of the molecule is CCC#Cc1cc(N(C)C)c2c(c1O)C(=O)C1=C(O)[C@]3(O)C(=O)C(C(N)=O)=C(O)[C@@H](N(C)C)[C@@H]3C[C@@H]1C2.